The van der Waals surface area contributed by atoms with Gasteiger partial charge in [-0.05, 0) is 37.0 Å². The van der Waals surface area contributed by atoms with Gasteiger partial charge in [-0.15, -0.1) is 0 Å². The van der Waals surface area contributed by atoms with Gasteiger partial charge in [-0.25, -0.2) is 14.8 Å². The summed E-state index contributed by atoms with van der Waals surface area (Å²) in [6.45, 7) is 8.10. The minimum atomic E-state index is -0.564. The van der Waals surface area contributed by atoms with E-state index in [-0.39, 0.29) is 23.9 Å². The molecule has 0 spiro atoms. The van der Waals surface area contributed by atoms with E-state index in [1.54, 1.807) is 6.92 Å². The fourth-order valence-electron chi connectivity index (χ4n) is 2.42. The van der Waals surface area contributed by atoms with Crippen molar-refractivity contribution in [2.45, 2.75) is 50.4 Å². The molecule has 1 atom stereocenters. The smallest absolute Gasteiger partial charge is 0.343 e. The number of rotatable bonds is 8. The van der Waals surface area contributed by atoms with Gasteiger partial charge < -0.3 is 15.8 Å². The standard InChI is InChI=1S/C20H26N4O3S/c1-5-16(18(25)23-14-9-7-13(8-10-14)12(3)4)28-20-22-11-15(17(21)24-20)19(26)27-6-2/h7-12,16H,5-6H2,1-4H3,(H,23,25)(H2,21,22,24). The van der Waals surface area contributed by atoms with Crippen molar-refractivity contribution < 1.29 is 14.3 Å². The Morgan fingerprint density at radius 3 is 2.43 bits per heavy atom. The summed E-state index contributed by atoms with van der Waals surface area (Å²) in [5.74, 6) is -0.230. The van der Waals surface area contributed by atoms with Crippen LogP contribution in [0.4, 0.5) is 11.5 Å². The number of nitrogens with two attached hydrogens (primary N) is 1. The van der Waals surface area contributed by atoms with E-state index >= 15 is 0 Å². The van der Waals surface area contributed by atoms with Crippen LogP contribution in [0.2, 0.25) is 0 Å². The maximum atomic E-state index is 12.6. The molecule has 2 aromatic rings. The van der Waals surface area contributed by atoms with Gasteiger partial charge >= 0.3 is 5.97 Å². The van der Waals surface area contributed by atoms with Crippen molar-refractivity contribution in [2.75, 3.05) is 17.7 Å². The molecule has 0 aliphatic carbocycles. The van der Waals surface area contributed by atoms with E-state index in [4.69, 9.17) is 10.5 Å². The minimum absolute atomic E-state index is 0.0375. The largest absolute Gasteiger partial charge is 0.462 e. The number of hydrogen-bond acceptors (Lipinski definition) is 7. The molecular formula is C20H26N4O3S. The summed E-state index contributed by atoms with van der Waals surface area (Å²) in [5, 5.41) is 2.86. The molecule has 8 heteroatoms. The molecule has 0 radical (unpaired) electrons. The highest BCUT2D eigenvalue weighted by molar-refractivity contribution is 8.00. The van der Waals surface area contributed by atoms with Gasteiger partial charge in [-0.1, -0.05) is 44.7 Å². The second-order valence-corrected chi connectivity index (χ2v) is 7.62. The number of thioether (sulfide) groups is 1. The van der Waals surface area contributed by atoms with Gasteiger partial charge in [0.15, 0.2) is 5.16 Å². The summed E-state index contributed by atoms with van der Waals surface area (Å²) >= 11 is 1.21. The van der Waals surface area contributed by atoms with Crippen molar-refractivity contribution in [3.05, 3.63) is 41.6 Å². The Balaban J connectivity index is 2.05. The van der Waals surface area contributed by atoms with E-state index < -0.39 is 11.2 Å². The Morgan fingerprint density at radius 2 is 1.89 bits per heavy atom. The summed E-state index contributed by atoms with van der Waals surface area (Å²) in [6, 6.07) is 7.80. The summed E-state index contributed by atoms with van der Waals surface area (Å²) < 4.78 is 4.91. The van der Waals surface area contributed by atoms with Crippen molar-refractivity contribution in [2.24, 2.45) is 0 Å². The van der Waals surface area contributed by atoms with Crippen molar-refractivity contribution in [3.8, 4) is 0 Å². The van der Waals surface area contributed by atoms with E-state index in [1.807, 2.05) is 31.2 Å². The maximum absolute atomic E-state index is 12.6. The Hall–Kier alpha value is -2.61. The average Bonchev–Trinajstić information content (AvgIpc) is 2.66. The van der Waals surface area contributed by atoms with Crippen LogP contribution in [0.15, 0.2) is 35.6 Å². The first kappa shape index (κ1) is 21.7. The molecule has 3 N–H and O–H groups in total. The quantitative estimate of drug-likeness (QED) is 0.392. The van der Waals surface area contributed by atoms with Crippen molar-refractivity contribution >= 4 is 35.1 Å². The van der Waals surface area contributed by atoms with Gasteiger partial charge in [-0.3, -0.25) is 4.79 Å². The fourth-order valence-corrected chi connectivity index (χ4v) is 3.28. The Bertz CT molecular complexity index is 825. The molecule has 150 valence electrons. The van der Waals surface area contributed by atoms with Crippen LogP contribution >= 0.6 is 11.8 Å². The van der Waals surface area contributed by atoms with E-state index in [0.717, 1.165) is 5.69 Å². The first-order chi connectivity index (χ1) is 13.3. The second-order valence-electron chi connectivity index (χ2n) is 6.45. The van der Waals surface area contributed by atoms with Gasteiger partial charge in [0.05, 0.1) is 11.9 Å². The SMILES string of the molecule is CCOC(=O)c1cnc(SC(CC)C(=O)Nc2ccc(C(C)C)cc2)nc1N. The summed E-state index contributed by atoms with van der Waals surface area (Å²) in [4.78, 5) is 32.7. The number of carbonyl (C=O) groups excluding carboxylic acids is 2. The molecule has 1 aromatic heterocycles. The number of hydrogen-bond donors (Lipinski definition) is 2. The number of carbonyl (C=O) groups is 2. The molecule has 0 bridgehead atoms. The Labute approximate surface area is 169 Å². The lowest BCUT2D eigenvalue weighted by molar-refractivity contribution is -0.115. The van der Waals surface area contributed by atoms with Crippen LogP contribution in [0.1, 0.15) is 56.0 Å². The predicted octanol–water partition coefficient (Wildman–Crippen LogP) is 3.87. The zero-order valence-corrected chi connectivity index (χ0v) is 17.4. The minimum Gasteiger partial charge on any atom is -0.462 e. The summed E-state index contributed by atoms with van der Waals surface area (Å²) in [7, 11) is 0. The van der Waals surface area contributed by atoms with Gasteiger partial charge in [0, 0.05) is 11.9 Å². The van der Waals surface area contributed by atoms with Crippen LogP contribution in [0.25, 0.3) is 0 Å². The highest BCUT2D eigenvalue weighted by atomic mass is 32.2. The number of anilines is 2. The Morgan fingerprint density at radius 1 is 1.21 bits per heavy atom. The number of benzene rings is 1. The van der Waals surface area contributed by atoms with E-state index in [9.17, 15) is 9.59 Å². The zero-order chi connectivity index (χ0) is 20.7. The van der Waals surface area contributed by atoms with Gasteiger partial charge in [0.25, 0.3) is 0 Å². The molecule has 1 unspecified atom stereocenters. The van der Waals surface area contributed by atoms with Crippen LogP contribution in [-0.2, 0) is 9.53 Å². The lowest BCUT2D eigenvalue weighted by Crippen LogP contribution is -2.25. The molecule has 1 aromatic carbocycles. The van der Waals surface area contributed by atoms with Crippen LogP contribution in [-0.4, -0.2) is 33.7 Å². The molecule has 0 saturated heterocycles. The fraction of sp³-hybridized carbons (Fsp3) is 0.400. The second kappa shape index (κ2) is 10.1. The highest BCUT2D eigenvalue weighted by Crippen LogP contribution is 2.25. The lowest BCUT2D eigenvalue weighted by Gasteiger charge is -2.15. The van der Waals surface area contributed by atoms with Gasteiger partial charge in [-0.2, -0.15) is 0 Å². The normalized spacial score (nSPS) is 11.9. The molecular weight excluding hydrogens is 376 g/mol. The Kier molecular flexibility index (Phi) is 7.80. The number of nitrogens with zero attached hydrogens (tertiary/aromatic N) is 2. The highest BCUT2D eigenvalue weighted by Gasteiger charge is 2.21. The van der Waals surface area contributed by atoms with Gasteiger partial charge in [0.2, 0.25) is 5.91 Å². The monoisotopic (exact) mass is 402 g/mol. The molecule has 0 aliphatic heterocycles. The van der Waals surface area contributed by atoms with Crippen LogP contribution < -0.4 is 11.1 Å². The number of nitrogen functional groups attached to an aromatic ring is 1. The molecule has 0 saturated carbocycles. The molecule has 7 nitrogen and oxygen atoms in total. The first-order valence-electron chi connectivity index (χ1n) is 9.22. The lowest BCUT2D eigenvalue weighted by atomic mass is 10.0. The van der Waals surface area contributed by atoms with Crippen molar-refractivity contribution in [1.29, 1.82) is 0 Å². The van der Waals surface area contributed by atoms with Crippen molar-refractivity contribution in [3.63, 3.8) is 0 Å². The molecule has 2 rings (SSSR count). The van der Waals surface area contributed by atoms with Crippen molar-refractivity contribution in [1.82, 2.24) is 9.97 Å². The predicted molar refractivity (Wildman–Crippen MR) is 111 cm³/mol. The maximum Gasteiger partial charge on any atom is 0.343 e. The van der Waals surface area contributed by atoms with Gasteiger partial charge in [0.1, 0.15) is 11.4 Å². The molecule has 0 fully saturated rings. The van der Waals surface area contributed by atoms with E-state index in [1.165, 1.54) is 23.5 Å². The van der Waals surface area contributed by atoms with Crippen LogP contribution in [0.3, 0.4) is 0 Å². The van der Waals surface area contributed by atoms with E-state index in [2.05, 4.69) is 29.1 Å². The zero-order valence-electron chi connectivity index (χ0n) is 16.6. The third-order valence-electron chi connectivity index (χ3n) is 4.05. The number of esters is 1. The number of aromatic nitrogens is 2. The van der Waals surface area contributed by atoms with E-state index in [0.29, 0.717) is 17.5 Å². The van der Waals surface area contributed by atoms with Crippen LogP contribution in [0.5, 0.6) is 0 Å². The molecule has 28 heavy (non-hydrogen) atoms. The number of ether oxygens (including phenoxy) is 1. The topological polar surface area (TPSA) is 107 Å². The third kappa shape index (κ3) is 5.69. The first-order valence-corrected chi connectivity index (χ1v) is 10.1. The number of amides is 1. The molecule has 1 heterocycles. The average molecular weight is 403 g/mol. The van der Waals surface area contributed by atoms with Crippen LogP contribution in [0, 0.1) is 0 Å². The summed E-state index contributed by atoms with van der Waals surface area (Å²) in [5.41, 5.74) is 7.92. The third-order valence-corrected chi connectivity index (χ3v) is 5.29. The molecule has 0 aliphatic rings. The number of nitrogens with one attached hydrogen (secondary N) is 1. The summed E-state index contributed by atoms with van der Waals surface area (Å²) in [6.07, 6.45) is 1.92. The molecule has 1 amide bonds.